The van der Waals surface area contributed by atoms with E-state index >= 15 is 0 Å². The van der Waals surface area contributed by atoms with E-state index in [9.17, 15) is 0 Å². The zero-order valence-electron chi connectivity index (χ0n) is 9.57. The van der Waals surface area contributed by atoms with E-state index in [1.165, 1.54) is 5.69 Å². The molecule has 2 N–H and O–H groups in total. The van der Waals surface area contributed by atoms with Gasteiger partial charge in [0.2, 0.25) is 0 Å². The number of hydrogen-bond donors (Lipinski definition) is 1. The van der Waals surface area contributed by atoms with Crippen molar-refractivity contribution < 1.29 is 4.74 Å². The van der Waals surface area contributed by atoms with Crippen LogP contribution in [-0.2, 0) is 11.3 Å². The summed E-state index contributed by atoms with van der Waals surface area (Å²) >= 11 is 0. The average molecular weight is 208 g/mol. The SMILES string of the molecule is CCOCCN(C)c1ccc(CN)cc1. The van der Waals surface area contributed by atoms with Gasteiger partial charge in [-0.25, -0.2) is 0 Å². The van der Waals surface area contributed by atoms with Crippen LogP contribution >= 0.6 is 0 Å². The number of benzene rings is 1. The number of hydrogen-bond acceptors (Lipinski definition) is 3. The molecule has 3 nitrogen and oxygen atoms in total. The maximum Gasteiger partial charge on any atom is 0.0641 e. The molecule has 1 aromatic carbocycles. The summed E-state index contributed by atoms with van der Waals surface area (Å²) in [6.45, 7) is 5.07. The van der Waals surface area contributed by atoms with Crippen LogP contribution in [0.15, 0.2) is 24.3 Å². The number of nitrogens with two attached hydrogens (primary N) is 1. The van der Waals surface area contributed by atoms with Crippen LogP contribution in [-0.4, -0.2) is 26.8 Å². The highest BCUT2D eigenvalue weighted by Gasteiger charge is 1.99. The Morgan fingerprint density at radius 3 is 2.47 bits per heavy atom. The van der Waals surface area contributed by atoms with E-state index < -0.39 is 0 Å². The van der Waals surface area contributed by atoms with Crippen molar-refractivity contribution in [1.29, 1.82) is 0 Å². The maximum absolute atomic E-state index is 5.54. The molecule has 0 atom stereocenters. The van der Waals surface area contributed by atoms with Crippen molar-refractivity contribution in [1.82, 2.24) is 0 Å². The first-order chi connectivity index (χ1) is 7.27. The van der Waals surface area contributed by atoms with Gasteiger partial charge in [-0.3, -0.25) is 0 Å². The van der Waals surface area contributed by atoms with E-state index in [1.807, 2.05) is 6.92 Å². The molecule has 1 aromatic rings. The number of ether oxygens (including phenoxy) is 1. The van der Waals surface area contributed by atoms with Crippen LogP contribution in [0.2, 0.25) is 0 Å². The molecule has 0 heterocycles. The first-order valence-corrected chi connectivity index (χ1v) is 5.35. The van der Waals surface area contributed by atoms with Crippen LogP contribution in [0.5, 0.6) is 0 Å². The molecule has 0 aliphatic rings. The fraction of sp³-hybridized carbons (Fsp3) is 0.500. The second-order valence-electron chi connectivity index (χ2n) is 3.49. The van der Waals surface area contributed by atoms with Gasteiger partial charge in [0.05, 0.1) is 6.61 Å². The molecule has 0 saturated carbocycles. The molecule has 1 rings (SSSR count). The minimum absolute atomic E-state index is 0.600. The Bertz CT molecular complexity index is 271. The second kappa shape index (κ2) is 6.43. The fourth-order valence-electron chi connectivity index (χ4n) is 1.36. The average Bonchev–Trinajstić information content (AvgIpc) is 2.29. The van der Waals surface area contributed by atoms with Crippen LogP contribution in [0.4, 0.5) is 5.69 Å². The summed E-state index contributed by atoms with van der Waals surface area (Å²) in [7, 11) is 2.07. The highest BCUT2D eigenvalue weighted by atomic mass is 16.5. The van der Waals surface area contributed by atoms with Crippen LogP contribution < -0.4 is 10.6 Å². The van der Waals surface area contributed by atoms with Gasteiger partial charge in [0.25, 0.3) is 0 Å². The Morgan fingerprint density at radius 2 is 1.93 bits per heavy atom. The number of nitrogens with zero attached hydrogens (tertiary/aromatic N) is 1. The maximum atomic E-state index is 5.54. The van der Waals surface area contributed by atoms with Crippen LogP contribution in [0, 0.1) is 0 Å². The van der Waals surface area contributed by atoms with E-state index in [0.29, 0.717) is 6.54 Å². The van der Waals surface area contributed by atoms with Gasteiger partial charge in [-0.1, -0.05) is 12.1 Å². The summed E-state index contributed by atoms with van der Waals surface area (Å²) in [6, 6.07) is 8.31. The molecule has 0 fully saturated rings. The van der Waals surface area contributed by atoms with Gasteiger partial charge in [-0.05, 0) is 24.6 Å². The monoisotopic (exact) mass is 208 g/mol. The second-order valence-corrected chi connectivity index (χ2v) is 3.49. The summed E-state index contributed by atoms with van der Waals surface area (Å²) in [4.78, 5) is 2.18. The zero-order valence-corrected chi connectivity index (χ0v) is 9.57. The molecule has 15 heavy (non-hydrogen) atoms. The van der Waals surface area contributed by atoms with Crippen molar-refractivity contribution in [2.75, 3.05) is 31.7 Å². The van der Waals surface area contributed by atoms with E-state index in [0.717, 1.165) is 25.3 Å². The van der Waals surface area contributed by atoms with Crippen LogP contribution in [0.25, 0.3) is 0 Å². The quantitative estimate of drug-likeness (QED) is 0.722. The molecule has 0 amide bonds. The smallest absolute Gasteiger partial charge is 0.0641 e. The molecule has 0 aromatic heterocycles. The summed E-state index contributed by atoms with van der Waals surface area (Å²) in [5.74, 6) is 0. The Kier molecular flexibility index (Phi) is 5.15. The Labute approximate surface area is 91.8 Å². The summed E-state index contributed by atoms with van der Waals surface area (Å²) in [5, 5.41) is 0. The highest BCUT2D eigenvalue weighted by Crippen LogP contribution is 2.13. The van der Waals surface area contributed by atoms with Gasteiger partial charge in [0, 0.05) is 32.4 Å². The lowest BCUT2D eigenvalue weighted by Crippen LogP contribution is -2.22. The Balaban J connectivity index is 2.46. The van der Waals surface area contributed by atoms with Crippen molar-refractivity contribution in [3.63, 3.8) is 0 Å². The third-order valence-electron chi connectivity index (χ3n) is 2.39. The van der Waals surface area contributed by atoms with E-state index in [2.05, 4.69) is 36.2 Å². The van der Waals surface area contributed by atoms with Gasteiger partial charge >= 0.3 is 0 Å². The molecular formula is C12H20N2O. The third kappa shape index (κ3) is 3.90. The predicted octanol–water partition coefficient (Wildman–Crippen LogP) is 1.62. The third-order valence-corrected chi connectivity index (χ3v) is 2.39. The number of anilines is 1. The number of likely N-dealkylation sites (N-methyl/N-ethyl adjacent to an activating group) is 1. The lowest BCUT2D eigenvalue weighted by Gasteiger charge is -2.19. The van der Waals surface area contributed by atoms with Crippen molar-refractivity contribution in [2.45, 2.75) is 13.5 Å². The van der Waals surface area contributed by atoms with E-state index in [4.69, 9.17) is 10.5 Å². The van der Waals surface area contributed by atoms with Crippen molar-refractivity contribution >= 4 is 5.69 Å². The van der Waals surface area contributed by atoms with Crippen molar-refractivity contribution in [2.24, 2.45) is 5.73 Å². The van der Waals surface area contributed by atoms with Crippen molar-refractivity contribution in [3.05, 3.63) is 29.8 Å². The first kappa shape index (κ1) is 12.0. The normalized spacial score (nSPS) is 10.3. The van der Waals surface area contributed by atoms with Gasteiger partial charge in [-0.2, -0.15) is 0 Å². The molecule has 0 unspecified atom stereocenters. The van der Waals surface area contributed by atoms with E-state index in [-0.39, 0.29) is 0 Å². The van der Waals surface area contributed by atoms with E-state index in [1.54, 1.807) is 0 Å². The lowest BCUT2D eigenvalue weighted by atomic mass is 10.2. The minimum atomic E-state index is 0.600. The predicted molar refractivity (Wildman–Crippen MR) is 64.1 cm³/mol. The number of rotatable bonds is 6. The summed E-state index contributed by atoms with van der Waals surface area (Å²) < 4.78 is 5.31. The Morgan fingerprint density at radius 1 is 1.27 bits per heavy atom. The largest absolute Gasteiger partial charge is 0.380 e. The fourth-order valence-corrected chi connectivity index (χ4v) is 1.36. The van der Waals surface area contributed by atoms with Crippen LogP contribution in [0.3, 0.4) is 0 Å². The van der Waals surface area contributed by atoms with Gasteiger partial charge < -0.3 is 15.4 Å². The van der Waals surface area contributed by atoms with Gasteiger partial charge in [0.1, 0.15) is 0 Å². The summed E-state index contributed by atoms with van der Waals surface area (Å²) in [6.07, 6.45) is 0. The van der Waals surface area contributed by atoms with Crippen molar-refractivity contribution in [3.8, 4) is 0 Å². The zero-order chi connectivity index (χ0) is 11.1. The highest BCUT2D eigenvalue weighted by molar-refractivity contribution is 5.46. The summed E-state index contributed by atoms with van der Waals surface area (Å²) in [5.41, 5.74) is 7.91. The van der Waals surface area contributed by atoms with Gasteiger partial charge in [-0.15, -0.1) is 0 Å². The molecule has 3 heteroatoms. The van der Waals surface area contributed by atoms with Gasteiger partial charge in [0.15, 0.2) is 0 Å². The molecule has 0 bridgehead atoms. The lowest BCUT2D eigenvalue weighted by molar-refractivity contribution is 0.154. The molecular weight excluding hydrogens is 188 g/mol. The molecule has 0 saturated heterocycles. The standard InChI is InChI=1S/C12H20N2O/c1-3-15-9-8-14(2)12-6-4-11(10-13)5-7-12/h4-7H,3,8-10,13H2,1-2H3. The molecule has 0 aliphatic carbocycles. The topological polar surface area (TPSA) is 38.5 Å². The molecule has 84 valence electrons. The molecule has 0 spiro atoms. The first-order valence-electron chi connectivity index (χ1n) is 5.35. The van der Waals surface area contributed by atoms with Crippen LogP contribution in [0.1, 0.15) is 12.5 Å². The molecule has 0 aliphatic heterocycles. The minimum Gasteiger partial charge on any atom is -0.380 e. The Hall–Kier alpha value is -1.06. The molecule has 0 radical (unpaired) electrons.